The zero-order chi connectivity index (χ0) is 13.0. The maximum absolute atomic E-state index is 12.0. The first-order valence-electron chi connectivity index (χ1n) is 6.31. The standard InChI is InChI=1S/C13H19F2N3/c1-18-6-2-3-10(9-18)12-5-4-11(7-17-12)16-8-13(14)15/h4-5,7,10,13,16H,2-3,6,8-9H2,1H3/t10-/m1/s1. The normalized spacial score (nSPS) is 21.2. The fourth-order valence-corrected chi connectivity index (χ4v) is 2.35. The summed E-state index contributed by atoms with van der Waals surface area (Å²) in [5, 5.41) is 2.66. The molecule has 1 aliphatic heterocycles. The van der Waals surface area contributed by atoms with Crippen molar-refractivity contribution in [2.24, 2.45) is 0 Å². The number of nitrogens with one attached hydrogen (secondary N) is 1. The van der Waals surface area contributed by atoms with E-state index in [1.165, 1.54) is 6.42 Å². The van der Waals surface area contributed by atoms with Crippen molar-refractivity contribution in [3.8, 4) is 0 Å². The molecule has 1 aliphatic rings. The maximum atomic E-state index is 12.0. The van der Waals surface area contributed by atoms with Crippen LogP contribution in [0.3, 0.4) is 0 Å². The van der Waals surface area contributed by atoms with E-state index in [0.29, 0.717) is 11.6 Å². The highest BCUT2D eigenvalue weighted by molar-refractivity contribution is 5.41. The highest BCUT2D eigenvalue weighted by Gasteiger charge is 2.19. The lowest BCUT2D eigenvalue weighted by Gasteiger charge is -2.29. The van der Waals surface area contributed by atoms with E-state index < -0.39 is 6.43 Å². The van der Waals surface area contributed by atoms with Gasteiger partial charge in [0.05, 0.1) is 18.4 Å². The van der Waals surface area contributed by atoms with Gasteiger partial charge in [0.25, 0.3) is 6.43 Å². The molecular formula is C13H19F2N3. The van der Waals surface area contributed by atoms with E-state index in [-0.39, 0.29) is 6.54 Å². The van der Waals surface area contributed by atoms with Crippen LogP contribution in [0.15, 0.2) is 18.3 Å². The fraction of sp³-hybridized carbons (Fsp3) is 0.615. The lowest BCUT2D eigenvalue weighted by molar-refractivity contribution is 0.163. The molecule has 0 bridgehead atoms. The number of aromatic nitrogens is 1. The number of alkyl halides is 2. The Morgan fingerprint density at radius 1 is 1.50 bits per heavy atom. The first-order valence-corrected chi connectivity index (χ1v) is 6.31. The van der Waals surface area contributed by atoms with Gasteiger partial charge < -0.3 is 10.2 Å². The molecule has 1 aromatic heterocycles. The lowest BCUT2D eigenvalue weighted by atomic mass is 9.94. The Bertz CT molecular complexity index is 367. The Hall–Kier alpha value is -1.23. The van der Waals surface area contributed by atoms with Crippen LogP contribution in [0, 0.1) is 0 Å². The van der Waals surface area contributed by atoms with E-state index in [9.17, 15) is 8.78 Å². The van der Waals surface area contributed by atoms with Crippen LogP contribution in [0.5, 0.6) is 0 Å². The number of hydrogen-bond donors (Lipinski definition) is 1. The molecule has 0 amide bonds. The van der Waals surface area contributed by atoms with Crippen LogP contribution < -0.4 is 5.32 Å². The summed E-state index contributed by atoms with van der Waals surface area (Å²) in [5.74, 6) is 0.466. The lowest BCUT2D eigenvalue weighted by Crippen LogP contribution is -2.31. The van der Waals surface area contributed by atoms with Crippen molar-refractivity contribution < 1.29 is 8.78 Å². The summed E-state index contributed by atoms with van der Waals surface area (Å²) in [4.78, 5) is 6.69. The molecule has 100 valence electrons. The third-order valence-corrected chi connectivity index (χ3v) is 3.29. The van der Waals surface area contributed by atoms with E-state index in [2.05, 4.69) is 22.2 Å². The highest BCUT2D eigenvalue weighted by atomic mass is 19.3. The van der Waals surface area contributed by atoms with Gasteiger partial charge in [0.15, 0.2) is 0 Å². The second-order valence-electron chi connectivity index (χ2n) is 4.85. The quantitative estimate of drug-likeness (QED) is 0.896. The number of pyridine rings is 1. The van der Waals surface area contributed by atoms with Crippen molar-refractivity contribution in [3.63, 3.8) is 0 Å². The van der Waals surface area contributed by atoms with E-state index in [0.717, 1.165) is 25.2 Å². The predicted octanol–water partition coefficient (Wildman–Crippen LogP) is 2.57. The second kappa shape index (κ2) is 6.09. The molecule has 1 N–H and O–H groups in total. The van der Waals surface area contributed by atoms with E-state index in [1.807, 2.05) is 12.1 Å². The highest BCUT2D eigenvalue weighted by Crippen LogP contribution is 2.25. The number of likely N-dealkylation sites (tertiary alicyclic amines) is 1. The van der Waals surface area contributed by atoms with Crippen LogP contribution in [0.25, 0.3) is 0 Å². The van der Waals surface area contributed by atoms with Gasteiger partial charge in [-0.2, -0.15) is 0 Å². The largest absolute Gasteiger partial charge is 0.378 e. The van der Waals surface area contributed by atoms with Crippen molar-refractivity contribution in [1.82, 2.24) is 9.88 Å². The van der Waals surface area contributed by atoms with Crippen LogP contribution in [-0.2, 0) is 0 Å². The van der Waals surface area contributed by atoms with E-state index >= 15 is 0 Å². The molecule has 1 fully saturated rings. The summed E-state index contributed by atoms with van der Waals surface area (Å²) >= 11 is 0. The minimum Gasteiger partial charge on any atom is -0.378 e. The number of likely N-dealkylation sites (N-methyl/N-ethyl adjacent to an activating group) is 1. The molecule has 0 aromatic carbocycles. The van der Waals surface area contributed by atoms with Crippen molar-refractivity contribution in [2.45, 2.75) is 25.2 Å². The number of nitrogens with zero attached hydrogens (tertiary/aromatic N) is 2. The zero-order valence-corrected chi connectivity index (χ0v) is 10.6. The van der Waals surface area contributed by atoms with E-state index in [1.54, 1.807) is 6.20 Å². The SMILES string of the molecule is CN1CCC[C@@H](c2ccc(NCC(F)F)cn2)C1. The summed E-state index contributed by atoms with van der Waals surface area (Å²) < 4.78 is 24.1. The monoisotopic (exact) mass is 255 g/mol. The van der Waals surface area contributed by atoms with Crippen molar-refractivity contribution in [2.75, 3.05) is 32.0 Å². The molecule has 2 heterocycles. The summed E-state index contributed by atoms with van der Waals surface area (Å²) in [6.07, 6.45) is 1.65. The van der Waals surface area contributed by atoms with Crippen LogP contribution in [-0.4, -0.2) is 43.0 Å². The molecule has 0 saturated carbocycles. The van der Waals surface area contributed by atoms with Gasteiger partial charge in [-0.05, 0) is 38.6 Å². The van der Waals surface area contributed by atoms with Gasteiger partial charge in [0.2, 0.25) is 0 Å². The Kier molecular flexibility index (Phi) is 4.47. The molecule has 18 heavy (non-hydrogen) atoms. The van der Waals surface area contributed by atoms with Crippen molar-refractivity contribution in [3.05, 3.63) is 24.0 Å². The Morgan fingerprint density at radius 2 is 2.33 bits per heavy atom. The van der Waals surface area contributed by atoms with Gasteiger partial charge in [-0.15, -0.1) is 0 Å². The summed E-state index contributed by atoms with van der Waals surface area (Å²) in [6, 6.07) is 3.77. The van der Waals surface area contributed by atoms with Gasteiger partial charge in [-0.25, -0.2) is 8.78 Å². The number of hydrogen-bond acceptors (Lipinski definition) is 3. The van der Waals surface area contributed by atoms with Crippen molar-refractivity contribution >= 4 is 5.69 Å². The maximum Gasteiger partial charge on any atom is 0.255 e. The molecule has 1 saturated heterocycles. The molecule has 0 spiro atoms. The average molecular weight is 255 g/mol. The smallest absolute Gasteiger partial charge is 0.255 e. The number of piperidine rings is 1. The molecule has 0 aliphatic carbocycles. The topological polar surface area (TPSA) is 28.2 Å². The minimum absolute atomic E-state index is 0.326. The molecule has 2 rings (SSSR count). The molecule has 1 aromatic rings. The van der Waals surface area contributed by atoms with Crippen molar-refractivity contribution in [1.29, 1.82) is 0 Å². The average Bonchev–Trinajstić information content (AvgIpc) is 2.37. The molecule has 5 heteroatoms. The van der Waals surface area contributed by atoms with Crippen LogP contribution in [0.4, 0.5) is 14.5 Å². The van der Waals surface area contributed by atoms with Gasteiger partial charge in [0, 0.05) is 18.2 Å². The molecule has 3 nitrogen and oxygen atoms in total. The third-order valence-electron chi connectivity index (χ3n) is 3.29. The number of rotatable bonds is 4. The molecule has 1 atom stereocenters. The van der Waals surface area contributed by atoms with Gasteiger partial charge >= 0.3 is 0 Å². The zero-order valence-electron chi connectivity index (χ0n) is 10.6. The summed E-state index contributed by atoms with van der Waals surface area (Å²) in [7, 11) is 2.12. The molecule has 0 radical (unpaired) electrons. The van der Waals surface area contributed by atoms with Gasteiger partial charge in [-0.3, -0.25) is 4.98 Å². The number of halogens is 2. The predicted molar refractivity (Wildman–Crippen MR) is 68.2 cm³/mol. The summed E-state index contributed by atoms with van der Waals surface area (Å²) in [6.45, 7) is 1.84. The Balaban J connectivity index is 1.94. The second-order valence-corrected chi connectivity index (χ2v) is 4.85. The van der Waals surface area contributed by atoms with Gasteiger partial charge in [-0.1, -0.05) is 0 Å². The van der Waals surface area contributed by atoms with E-state index in [4.69, 9.17) is 0 Å². The first kappa shape index (κ1) is 13.2. The third kappa shape index (κ3) is 3.63. The van der Waals surface area contributed by atoms with Gasteiger partial charge in [0.1, 0.15) is 0 Å². The fourth-order valence-electron chi connectivity index (χ4n) is 2.35. The minimum atomic E-state index is -2.34. The summed E-state index contributed by atoms with van der Waals surface area (Å²) in [5.41, 5.74) is 1.72. The molecular weight excluding hydrogens is 236 g/mol. The Labute approximate surface area is 106 Å². The van der Waals surface area contributed by atoms with Crippen LogP contribution in [0.1, 0.15) is 24.5 Å². The number of anilines is 1. The molecule has 0 unspecified atom stereocenters. The Morgan fingerprint density at radius 3 is 2.94 bits per heavy atom. The first-order chi connectivity index (χ1) is 8.65. The van der Waals surface area contributed by atoms with Crippen LogP contribution in [0.2, 0.25) is 0 Å². The van der Waals surface area contributed by atoms with Crippen LogP contribution >= 0.6 is 0 Å².